The van der Waals surface area contributed by atoms with Gasteiger partial charge in [-0.2, -0.15) is 0 Å². The Morgan fingerprint density at radius 2 is 2.11 bits per heavy atom. The molecule has 1 aliphatic carbocycles. The highest BCUT2D eigenvalue weighted by Crippen LogP contribution is 2.42. The topological polar surface area (TPSA) is 49.4 Å². The highest BCUT2D eigenvalue weighted by molar-refractivity contribution is 14.1. The third-order valence-corrected chi connectivity index (χ3v) is 4.57. The van der Waals surface area contributed by atoms with Crippen LogP contribution in [-0.4, -0.2) is 23.9 Å². The van der Waals surface area contributed by atoms with Gasteiger partial charge < -0.3 is 10.2 Å². The number of anilines is 1. The van der Waals surface area contributed by atoms with Gasteiger partial charge in [0.05, 0.1) is 0 Å². The molecular formula is C14H15IN2O2. The monoisotopic (exact) mass is 370 g/mol. The van der Waals surface area contributed by atoms with E-state index in [-0.39, 0.29) is 24.3 Å². The Kier molecular flexibility index (Phi) is 3.03. The number of carbonyl (C=O) groups is 2. The molecule has 0 spiro atoms. The second kappa shape index (κ2) is 4.47. The Morgan fingerprint density at radius 1 is 1.37 bits per heavy atom. The summed E-state index contributed by atoms with van der Waals surface area (Å²) in [5.74, 6) is 0.221. The lowest BCUT2D eigenvalue weighted by molar-refractivity contribution is -0.136. The van der Waals surface area contributed by atoms with Crippen LogP contribution in [0.25, 0.3) is 0 Å². The summed E-state index contributed by atoms with van der Waals surface area (Å²) in [7, 11) is 0. The van der Waals surface area contributed by atoms with Gasteiger partial charge in [-0.1, -0.05) is 6.07 Å². The summed E-state index contributed by atoms with van der Waals surface area (Å²) >= 11 is 2.21. The first kappa shape index (κ1) is 12.9. The summed E-state index contributed by atoms with van der Waals surface area (Å²) in [6.45, 7) is 1.96. The molecule has 1 atom stereocenters. The molecule has 1 aromatic rings. The van der Waals surface area contributed by atoms with Gasteiger partial charge in [0, 0.05) is 9.26 Å². The van der Waals surface area contributed by atoms with Gasteiger partial charge >= 0.3 is 0 Å². The molecule has 1 N–H and O–H groups in total. The van der Waals surface area contributed by atoms with Crippen molar-refractivity contribution in [2.24, 2.45) is 5.92 Å². The van der Waals surface area contributed by atoms with Crippen molar-refractivity contribution in [2.75, 3.05) is 11.4 Å². The zero-order chi connectivity index (χ0) is 13.6. The highest BCUT2D eigenvalue weighted by atomic mass is 127. The Bertz CT molecular complexity index is 556. The maximum atomic E-state index is 12.7. The Labute approximate surface area is 125 Å². The van der Waals surface area contributed by atoms with E-state index >= 15 is 0 Å². The van der Waals surface area contributed by atoms with E-state index in [0.29, 0.717) is 0 Å². The minimum atomic E-state index is -0.726. The fourth-order valence-corrected chi connectivity index (χ4v) is 3.19. The van der Waals surface area contributed by atoms with Gasteiger partial charge in [0.2, 0.25) is 5.91 Å². The summed E-state index contributed by atoms with van der Waals surface area (Å²) < 4.78 is 1.06. The summed E-state index contributed by atoms with van der Waals surface area (Å²) in [4.78, 5) is 26.2. The van der Waals surface area contributed by atoms with Gasteiger partial charge in [0.15, 0.2) is 0 Å². The molecule has 1 aliphatic heterocycles. The van der Waals surface area contributed by atoms with Crippen LogP contribution in [-0.2, 0) is 9.59 Å². The first-order valence-corrected chi connectivity index (χ1v) is 7.47. The van der Waals surface area contributed by atoms with Crippen LogP contribution in [0, 0.1) is 9.49 Å². The number of benzene rings is 1. The van der Waals surface area contributed by atoms with Crippen LogP contribution in [0.4, 0.5) is 5.69 Å². The van der Waals surface area contributed by atoms with Gasteiger partial charge in [-0.25, -0.2) is 0 Å². The quantitative estimate of drug-likeness (QED) is 0.809. The third kappa shape index (κ3) is 2.24. The molecule has 1 saturated heterocycles. The van der Waals surface area contributed by atoms with Gasteiger partial charge in [0.25, 0.3) is 5.91 Å². The average molecular weight is 370 g/mol. The predicted molar refractivity (Wildman–Crippen MR) is 80.8 cm³/mol. The molecule has 1 unspecified atom stereocenters. The van der Waals surface area contributed by atoms with Crippen LogP contribution in [0.15, 0.2) is 24.3 Å². The molecular weight excluding hydrogens is 355 g/mol. The molecule has 2 aliphatic rings. The van der Waals surface area contributed by atoms with E-state index in [9.17, 15) is 9.59 Å². The summed E-state index contributed by atoms with van der Waals surface area (Å²) in [6, 6.07) is 7.69. The van der Waals surface area contributed by atoms with Gasteiger partial charge in [0.1, 0.15) is 12.1 Å². The van der Waals surface area contributed by atoms with Crippen LogP contribution in [0.2, 0.25) is 0 Å². The fraction of sp³-hybridized carbons (Fsp3) is 0.429. The Balaban J connectivity index is 1.96. The van der Waals surface area contributed by atoms with E-state index < -0.39 is 5.54 Å². The standard InChI is InChI=1S/C14H15IN2O2/c1-14(9-5-6-9)13(19)17(8-12(18)16-14)11-4-2-3-10(15)7-11/h2-4,7,9H,5-6,8H2,1H3,(H,16,18). The lowest BCUT2D eigenvalue weighted by atomic mass is 9.91. The second-order valence-corrected chi connectivity index (χ2v) is 6.64. The van der Waals surface area contributed by atoms with Crippen LogP contribution < -0.4 is 10.2 Å². The molecule has 5 heteroatoms. The van der Waals surface area contributed by atoms with E-state index in [1.54, 1.807) is 4.90 Å². The first-order valence-electron chi connectivity index (χ1n) is 6.39. The number of halogens is 1. The first-order chi connectivity index (χ1) is 9.00. The minimum absolute atomic E-state index is 0.0107. The van der Waals surface area contributed by atoms with Gasteiger partial charge in [-0.05, 0) is 66.5 Å². The van der Waals surface area contributed by atoms with Gasteiger partial charge in [-0.15, -0.1) is 0 Å². The molecule has 0 radical (unpaired) electrons. The molecule has 1 aromatic carbocycles. The zero-order valence-corrected chi connectivity index (χ0v) is 12.8. The number of nitrogens with zero attached hydrogens (tertiary/aromatic N) is 1. The largest absolute Gasteiger partial charge is 0.340 e. The zero-order valence-electron chi connectivity index (χ0n) is 10.6. The SMILES string of the molecule is CC1(C2CC2)NC(=O)CN(c2cccc(I)c2)C1=O. The molecule has 3 rings (SSSR count). The minimum Gasteiger partial charge on any atom is -0.340 e. The number of rotatable bonds is 2. The number of hydrogen-bond donors (Lipinski definition) is 1. The smallest absolute Gasteiger partial charge is 0.253 e. The molecule has 1 heterocycles. The van der Waals surface area contributed by atoms with Crippen molar-refractivity contribution in [3.05, 3.63) is 27.8 Å². The summed E-state index contributed by atoms with van der Waals surface area (Å²) in [5.41, 5.74) is 0.0787. The molecule has 2 amide bonds. The van der Waals surface area contributed by atoms with E-state index in [0.717, 1.165) is 22.1 Å². The van der Waals surface area contributed by atoms with E-state index in [1.807, 2.05) is 31.2 Å². The van der Waals surface area contributed by atoms with Crippen LogP contribution in [0.1, 0.15) is 19.8 Å². The van der Waals surface area contributed by atoms with Crippen LogP contribution in [0.5, 0.6) is 0 Å². The normalized spacial score (nSPS) is 27.4. The lowest BCUT2D eigenvalue weighted by Gasteiger charge is -2.40. The van der Waals surface area contributed by atoms with Crippen molar-refractivity contribution in [3.8, 4) is 0 Å². The van der Waals surface area contributed by atoms with E-state index in [4.69, 9.17) is 0 Å². The van der Waals surface area contributed by atoms with E-state index in [2.05, 4.69) is 27.9 Å². The average Bonchev–Trinajstić information content (AvgIpc) is 3.18. The second-order valence-electron chi connectivity index (χ2n) is 5.40. The van der Waals surface area contributed by atoms with Crippen molar-refractivity contribution in [1.82, 2.24) is 5.32 Å². The maximum absolute atomic E-state index is 12.7. The van der Waals surface area contributed by atoms with Crippen LogP contribution >= 0.6 is 22.6 Å². The van der Waals surface area contributed by atoms with Crippen LogP contribution in [0.3, 0.4) is 0 Å². The highest BCUT2D eigenvalue weighted by Gasteiger charge is 2.52. The fourth-order valence-electron chi connectivity index (χ4n) is 2.67. The van der Waals surface area contributed by atoms with Crippen molar-refractivity contribution in [3.63, 3.8) is 0 Å². The number of hydrogen-bond acceptors (Lipinski definition) is 2. The summed E-state index contributed by atoms with van der Waals surface area (Å²) in [5, 5.41) is 2.89. The molecule has 0 aromatic heterocycles. The van der Waals surface area contributed by atoms with Gasteiger partial charge in [-0.3, -0.25) is 9.59 Å². The van der Waals surface area contributed by atoms with Crippen molar-refractivity contribution in [2.45, 2.75) is 25.3 Å². The predicted octanol–water partition coefficient (Wildman–Crippen LogP) is 1.92. The Morgan fingerprint density at radius 3 is 2.74 bits per heavy atom. The Hall–Kier alpha value is -1.11. The number of carbonyl (C=O) groups excluding carboxylic acids is 2. The van der Waals surface area contributed by atoms with E-state index in [1.165, 1.54) is 0 Å². The molecule has 1 saturated carbocycles. The van der Waals surface area contributed by atoms with Crippen molar-refractivity contribution < 1.29 is 9.59 Å². The lowest BCUT2D eigenvalue weighted by Crippen LogP contribution is -2.66. The van der Waals surface area contributed by atoms with Crippen molar-refractivity contribution >= 4 is 40.1 Å². The molecule has 4 nitrogen and oxygen atoms in total. The summed E-state index contributed by atoms with van der Waals surface area (Å²) in [6.07, 6.45) is 2.03. The maximum Gasteiger partial charge on any atom is 0.253 e. The number of amides is 2. The number of piperazine rings is 1. The third-order valence-electron chi connectivity index (χ3n) is 3.90. The molecule has 2 fully saturated rings. The molecule has 19 heavy (non-hydrogen) atoms. The number of nitrogens with one attached hydrogen (secondary N) is 1. The van der Waals surface area contributed by atoms with Crippen molar-refractivity contribution in [1.29, 1.82) is 0 Å². The molecule has 0 bridgehead atoms. The molecule has 100 valence electrons.